The molecule has 2 unspecified atom stereocenters. The lowest BCUT2D eigenvalue weighted by Gasteiger charge is -2.28. The summed E-state index contributed by atoms with van der Waals surface area (Å²) in [5.41, 5.74) is 5.44. The van der Waals surface area contributed by atoms with Crippen LogP contribution in [0.15, 0.2) is 0 Å². The molecule has 1 rings (SSSR count). The van der Waals surface area contributed by atoms with E-state index >= 15 is 0 Å². The third-order valence-corrected chi connectivity index (χ3v) is 2.25. The van der Waals surface area contributed by atoms with Crippen molar-refractivity contribution in [1.29, 1.82) is 0 Å². The highest BCUT2D eigenvalue weighted by Gasteiger charge is 2.21. The van der Waals surface area contributed by atoms with Crippen molar-refractivity contribution in [3.63, 3.8) is 0 Å². The Morgan fingerprint density at radius 3 is 2.92 bits per heavy atom. The van der Waals surface area contributed by atoms with Gasteiger partial charge >= 0.3 is 0 Å². The van der Waals surface area contributed by atoms with Gasteiger partial charge in [-0.05, 0) is 26.7 Å². The van der Waals surface area contributed by atoms with Crippen molar-refractivity contribution in [3.8, 4) is 0 Å². The zero-order valence-corrected chi connectivity index (χ0v) is 8.25. The fourth-order valence-electron chi connectivity index (χ4n) is 1.46. The van der Waals surface area contributed by atoms with Crippen molar-refractivity contribution in [2.24, 2.45) is 5.73 Å². The SMILES string of the molecule is CC1CC(NC(=O)[C@H](C)N)CCO1. The van der Waals surface area contributed by atoms with Gasteiger partial charge in [-0.2, -0.15) is 0 Å². The normalized spacial score (nSPS) is 31.0. The molecule has 1 saturated heterocycles. The number of amides is 1. The highest BCUT2D eigenvalue weighted by Crippen LogP contribution is 2.12. The molecule has 13 heavy (non-hydrogen) atoms. The number of carbonyl (C=O) groups excluding carboxylic acids is 1. The number of hydrogen-bond donors (Lipinski definition) is 2. The maximum Gasteiger partial charge on any atom is 0.236 e. The van der Waals surface area contributed by atoms with E-state index in [9.17, 15) is 4.79 Å². The van der Waals surface area contributed by atoms with E-state index in [1.807, 2.05) is 6.92 Å². The Kier molecular flexibility index (Phi) is 3.69. The summed E-state index contributed by atoms with van der Waals surface area (Å²) in [6.45, 7) is 4.44. The van der Waals surface area contributed by atoms with Crippen LogP contribution in [0.25, 0.3) is 0 Å². The van der Waals surface area contributed by atoms with Crippen LogP contribution in [0.3, 0.4) is 0 Å². The Labute approximate surface area is 78.8 Å². The molecule has 1 aliphatic rings. The third kappa shape index (κ3) is 3.32. The van der Waals surface area contributed by atoms with E-state index in [1.54, 1.807) is 6.92 Å². The maximum absolute atomic E-state index is 11.2. The van der Waals surface area contributed by atoms with Crippen molar-refractivity contribution in [1.82, 2.24) is 5.32 Å². The number of nitrogens with one attached hydrogen (secondary N) is 1. The molecule has 1 fully saturated rings. The molecule has 1 amide bonds. The van der Waals surface area contributed by atoms with Gasteiger partial charge in [0.25, 0.3) is 0 Å². The summed E-state index contributed by atoms with van der Waals surface area (Å²) in [7, 11) is 0. The highest BCUT2D eigenvalue weighted by molar-refractivity contribution is 5.81. The van der Waals surface area contributed by atoms with Gasteiger partial charge in [-0.15, -0.1) is 0 Å². The zero-order chi connectivity index (χ0) is 9.84. The van der Waals surface area contributed by atoms with Crippen LogP contribution in [-0.4, -0.2) is 30.7 Å². The van der Waals surface area contributed by atoms with Gasteiger partial charge in [-0.1, -0.05) is 0 Å². The predicted octanol–water partition coefficient (Wildman–Crippen LogP) is 0.0173. The molecule has 3 atom stereocenters. The minimum Gasteiger partial charge on any atom is -0.378 e. The maximum atomic E-state index is 11.2. The van der Waals surface area contributed by atoms with Crippen LogP contribution < -0.4 is 11.1 Å². The van der Waals surface area contributed by atoms with Crippen LogP contribution in [0.5, 0.6) is 0 Å². The van der Waals surface area contributed by atoms with Gasteiger partial charge in [0.15, 0.2) is 0 Å². The fourth-order valence-corrected chi connectivity index (χ4v) is 1.46. The molecule has 4 nitrogen and oxygen atoms in total. The summed E-state index contributed by atoms with van der Waals surface area (Å²) in [4.78, 5) is 11.2. The first-order valence-electron chi connectivity index (χ1n) is 4.77. The van der Waals surface area contributed by atoms with Crippen molar-refractivity contribution >= 4 is 5.91 Å². The lowest BCUT2D eigenvalue weighted by atomic mass is 10.0. The molecule has 4 heteroatoms. The quantitative estimate of drug-likeness (QED) is 0.639. The van der Waals surface area contributed by atoms with Gasteiger partial charge in [0.1, 0.15) is 0 Å². The summed E-state index contributed by atoms with van der Waals surface area (Å²) in [6, 6.07) is -0.180. The molecule has 3 N–H and O–H groups in total. The second-order valence-electron chi connectivity index (χ2n) is 3.70. The number of ether oxygens (including phenoxy) is 1. The summed E-state index contributed by atoms with van der Waals surface area (Å²) in [5, 5.41) is 2.90. The summed E-state index contributed by atoms with van der Waals surface area (Å²) >= 11 is 0. The van der Waals surface area contributed by atoms with E-state index in [-0.39, 0.29) is 18.1 Å². The van der Waals surface area contributed by atoms with E-state index in [1.165, 1.54) is 0 Å². The van der Waals surface area contributed by atoms with Gasteiger partial charge in [0.2, 0.25) is 5.91 Å². The summed E-state index contributed by atoms with van der Waals surface area (Å²) in [5.74, 6) is -0.0703. The summed E-state index contributed by atoms with van der Waals surface area (Å²) < 4.78 is 5.37. The number of rotatable bonds is 2. The second-order valence-corrected chi connectivity index (χ2v) is 3.70. The van der Waals surface area contributed by atoms with E-state index in [0.717, 1.165) is 19.4 Å². The largest absolute Gasteiger partial charge is 0.378 e. The molecule has 0 aromatic rings. The molecular formula is C9H18N2O2. The predicted molar refractivity (Wildman–Crippen MR) is 50.2 cm³/mol. The first-order valence-corrected chi connectivity index (χ1v) is 4.77. The van der Waals surface area contributed by atoms with Gasteiger partial charge in [0.05, 0.1) is 12.1 Å². The number of carbonyl (C=O) groups is 1. The van der Waals surface area contributed by atoms with Crippen LogP contribution in [-0.2, 0) is 9.53 Å². The van der Waals surface area contributed by atoms with Crippen molar-refractivity contribution in [3.05, 3.63) is 0 Å². The van der Waals surface area contributed by atoms with Crippen LogP contribution in [0.2, 0.25) is 0 Å². The second kappa shape index (κ2) is 4.58. The Bertz CT molecular complexity index is 182. The average molecular weight is 186 g/mol. The van der Waals surface area contributed by atoms with Crippen LogP contribution in [0, 0.1) is 0 Å². The number of nitrogens with two attached hydrogens (primary N) is 1. The molecule has 0 aliphatic carbocycles. The highest BCUT2D eigenvalue weighted by atomic mass is 16.5. The van der Waals surface area contributed by atoms with E-state index < -0.39 is 6.04 Å². The van der Waals surface area contributed by atoms with Gasteiger partial charge in [0, 0.05) is 12.6 Å². The molecule has 0 radical (unpaired) electrons. The molecule has 0 aromatic carbocycles. The van der Waals surface area contributed by atoms with Crippen molar-refractivity contribution < 1.29 is 9.53 Å². The molecule has 0 bridgehead atoms. The van der Waals surface area contributed by atoms with Gasteiger partial charge in [-0.25, -0.2) is 0 Å². The summed E-state index contributed by atoms with van der Waals surface area (Å²) in [6.07, 6.45) is 2.02. The Balaban J connectivity index is 2.31. The number of hydrogen-bond acceptors (Lipinski definition) is 3. The zero-order valence-electron chi connectivity index (χ0n) is 8.25. The molecular weight excluding hydrogens is 168 g/mol. The lowest BCUT2D eigenvalue weighted by molar-refractivity contribution is -0.123. The molecule has 0 spiro atoms. The first-order chi connectivity index (χ1) is 6.09. The van der Waals surface area contributed by atoms with Crippen LogP contribution in [0.1, 0.15) is 26.7 Å². The minimum absolute atomic E-state index is 0.0703. The Morgan fingerprint density at radius 1 is 1.69 bits per heavy atom. The van der Waals surface area contributed by atoms with Crippen molar-refractivity contribution in [2.75, 3.05) is 6.61 Å². The van der Waals surface area contributed by atoms with Crippen molar-refractivity contribution in [2.45, 2.75) is 44.9 Å². The lowest BCUT2D eigenvalue weighted by Crippen LogP contribution is -2.47. The molecule has 1 aliphatic heterocycles. The van der Waals surface area contributed by atoms with Gasteiger partial charge in [-0.3, -0.25) is 4.79 Å². The van der Waals surface area contributed by atoms with E-state index in [2.05, 4.69) is 5.32 Å². The monoisotopic (exact) mass is 186 g/mol. The minimum atomic E-state index is -0.418. The van der Waals surface area contributed by atoms with E-state index in [0.29, 0.717) is 0 Å². The molecule has 0 aromatic heterocycles. The van der Waals surface area contributed by atoms with Crippen LogP contribution >= 0.6 is 0 Å². The van der Waals surface area contributed by atoms with Crippen LogP contribution in [0.4, 0.5) is 0 Å². The van der Waals surface area contributed by atoms with E-state index in [4.69, 9.17) is 10.5 Å². The molecule has 1 heterocycles. The van der Waals surface area contributed by atoms with Gasteiger partial charge < -0.3 is 15.8 Å². The first kappa shape index (κ1) is 10.5. The third-order valence-electron chi connectivity index (χ3n) is 2.25. The fraction of sp³-hybridized carbons (Fsp3) is 0.889. The molecule has 0 saturated carbocycles. The smallest absolute Gasteiger partial charge is 0.236 e. The standard InChI is InChI=1S/C9H18N2O2/c1-6-5-8(3-4-13-6)11-9(12)7(2)10/h6-8H,3-5,10H2,1-2H3,(H,11,12)/t6?,7-,8?/m0/s1. The Hall–Kier alpha value is -0.610. The topological polar surface area (TPSA) is 64.4 Å². The Morgan fingerprint density at radius 2 is 2.38 bits per heavy atom. The average Bonchev–Trinajstić information content (AvgIpc) is 2.04. The molecule has 76 valence electrons.